The van der Waals surface area contributed by atoms with Gasteiger partial charge in [-0.05, 0) is 23.3 Å². The number of hydrogen-bond donors (Lipinski definition) is 0. The standard InChI is InChI=1S/C15H13O2.2C2H6.2Y/c1-17-15-7-5-13(6-8-15)14-4-2-3-12(11-14)9-10-16;2*1-2;;/h2-8,11H,9H2,1H3;2*1-2H3;;/q-1;;;;. The second-order valence-corrected chi connectivity index (χ2v) is 3.75. The Kier molecular flexibility index (Phi) is 22.4. The smallest absolute Gasteiger partial charge is 0.118 e. The molecule has 0 aliphatic carbocycles. The molecule has 0 saturated heterocycles. The Balaban J connectivity index is -0.000000619. The van der Waals surface area contributed by atoms with Gasteiger partial charge in [-0.2, -0.15) is 0 Å². The van der Waals surface area contributed by atoms with Crippen LogP contribution in [0.1, 0.15) is 33.3 Å². The van der Waals surface area contributed by atoms with Gasteiger partial charge in [0.2, 0.25) is 0 Å². The molecule has 2 rings (SSSR count). The van der Waals surface area contributed by atoms with Gasteiger partial charge in [-0.3, -0.25) is 6.29 Å². The number of rotatable bonds is 4. The number of ether oxygens (including phenoxy) is 1. The topological polar surface area (TPSA) is 26.3 Å². The first kappa shape index (κ1) is 27.9. The average Bonchev–Trinajstić information content (AvgIpc) is 2.59. The van der Waals surface area contributed by atoms with Gasteiger partial charge in [-0.1, -0.05) is 69.7 Å². The van der Waals surface area contributed by atoms with E-state index < -0.39 is 0 Å². The number of carbonyl (C=O) groups excluding carboxylic acids is 1. The largest absolute Gasteiger partial charge is 0.541 e. The molecule has 0 aromatic heterocycles. The summed E-state index contributed by atoms with van der Waals surface area (Å²) in [6.45, 7) is 8.00. The summed E-state index contributed by atoms with van der Waals surface area (Å²) in [5, 5.41) is 0. The monoisotopic (exact) mass is 463 g/mol. The summed E-state index contributed by atoms with van der Waals surface area (Å²) in [6, 6.07) is 15.8. The zero-order chi connectivity index (χ0) is 16.1. The molecule has 0 spiro atoms. The molecule has 0 heterocycles. The van der Waals surface area contributed by atoms with E-state index in [2.05, 4.69) is 0 Å². The summed E-state index contributed by atoms with van der Waals surface area (Å²) in [6.07, 6.45) is 2.25. The Labute approximate surface area is 191 Å². The fourth-order valence-corrected chi connectivity index (χ4v) is 1.73. The Morgan fingerprint density at radius 1 is 0.870 bits per heavy atom. The molecule has 2 aromatic rings. The van der Waals surface area contributed by atoms with E-state index in [1.165, 1.54) is 0 Å². The Morgan fingerprint density at radius 3 is 1.91 bits per heavy atom. The third-order valence-electron chi connectivity index (χ3n) is 2.63. The van der Waals surface area contributed by atoms with Crippen LogP contribution in [-0.2, 0) is 76.6 Å². The summed E-state index contributed by atoms with van der Waals surface area (Å²) < 4.78 is 5.12. The summed E-state index contributed by atoms with van der Waals surface area (Å²) in [5.41, 5.74) is 3.19. The average molecular weight is 463 g/mol. The maximum atomic E-state index is 10.4. The van der Waals surface area contributed by atoms with Crippen LogP contribution >= 0.6 is 0 Å². The van der Waals surface area contributed by atoms with Gasteiger partial charge in [0.25, 0.3) is 0 Å². The van der Waals surface area contributed by atoms with Crippen LogP contribution in [0, 0.1) is 0 Å². The summed E-state index contributed by atoms with van der Waals surface area (Å²) in [7, 11) is 1.65. The molecule has 120 valence electrons. The quantitative estimate of drug-likeness (QED) is 0.593. The first-order chi connectivity index (χ1) is 10.3. The van der Waals surface area contributed by atoms with E-state index in [-0.39, 0.29) is 65.4 Å². The minimum Gasteiger partial charge on any atom is -0.541 e. The molecule has 2 radical (unpaired) electrons. The fraction of sp³-hybridized carbons (Fsp3) is 0.316. The van der Waals surface area contributed by atoms with Crippen molar-refractivity contribution in [2.75, 3.05) is 7.11 Å². The van der Waals surface area contributed by atoms with Gasteiger partial charge in [0, 0.05) is 65.4 Å². The van der Waals surface area contributed by atoms with Crippen LogP contribution in [0.3, 0.4) is 0 Å². The van der Waals surface area contributed by atoms with Gasteiger partial charge in [0.15, 0.2) is 0 Å². The number of hydrogen-bond acceptors (Lipinski definition) is 2. The Hall–Kier alpha value is 0.118. The Bertz CT molecular complexity index is 511. The van der Waals surface area contributed by atoms with E-state index in [1.54, 1.807) is 7.11 Å². The van der Waals surface area contributed by atoms with Crippen LogP contribution < -0.4 is 4.74 Å². The predicted octanol–water partition coefficient (Wildman–Crippen LogP) is 5.06. The van der Waals surface area contributed by atoms with Crippen molar-refractivity contribution in [1.29, 1.82) is 0 Å². The van der Waals surface area contributed by atoms with Crippen LogP contribution in [0.2, 0.25) is 0 Å². The normalized spacial score (nSPS) is 7.87. The van der Waals surface area contributed by atoms with Crippen molar-refractivity contribution < 1.29 is 74.9 Å². The van der Waals surface area contributed by atoms with E-state index in [9.17, 15) is 4.79 Å². The molecular weight excluding hydrogens is 438 g/mol. The first-order valence-corrected chi connectivity index (χ1v) is 7.42. The van der Waals surface area contributed by atoms with E-state index in [1.807, 2.05) is 82.5 Å². The van der Waals surface area contributed by atoms with E-state index in [0.29, 0.717) is 6.42 Å². The SMILES string of the molecule is CC.CC.COc1ccc(-c2cccc(C[C-]=O)c2)cc1.[Y].[Y]. The maximum absolute atomic E-state index is 10.4. The molecule has 0 bridgehead atoms. The second-order valence-electron chi connectivity index (χ2n) is 3.75. The van der Waals surface area contributed by atoms with E-state index in [4.69, 9.17) is 4.74 Å². The third-order valence-corrected chi connectivity index (χ3v) is 2.63. The molecule has 0 unspecified atom stereocenters. The van der Waals surface area contributed by atoms with Gasteiger partial charge < -0.3 is 9.53 Å². The summed E-state index contributed by atoms with van der Waals surface area (Å²) in [5.74, 6) is 0.839. The van der Waals surface area contributed by atoms with Gasteiger partial charge in [0.1, 0.15) is 5.75 Å². The molecular formula is C19H25O2Y2-. The molecule has 2 aromatic carbocycles. The first-order valence-electron chi connectivity index (χ1n) is 7.42. The molecule has 0 N–H and O–H groups in total. The van der Waals surface area contributed by atoms with Gasteiger partial charge in [-0.15, -0.1) is 6.42 Å². The zero-order valence-electron chi connectivity index (χ0n) is 14.8. The van der Waals surface area contributed by atoms with Crippen LogP contribution in [-0.4, -0.2) is 13.4 Å². The van der Waals surface area contributed by atoms with Crippen molar-refractivity contribution >= 4 is 6.29 Å². The van der Waals surface area contributed by atoms with Crippen LogP contribution in [0.25, 0.3) is 11.1 Å². The van der Waals surface area contributed by atoms with Crippen molar-refractivity contribution in [3.05, 3.63) is 54.1 Å². The molecule has 2 nitrogen and oxygen atoms in total. The Morgan fingerprint density at radius 2 is 1.43 bits per heavy atom. The van der Waals surface area contributed by atoms with Gasteiger partial charge in [0.05, 0.1) is 7.11 Å². The van der Waals surface area contributed by atoms with Crippen LogP contribution in [0.5, 0.6) is 5.75 Å². The fourth-order valence-electron chi connectivity index (χ4n) is 1.73. The number of benzene rings is 2. The molecule has 0 fully saturated rings. The van der Waals surface area contributed by atoms with Crippen molar-refractivity contribution in [1.82, 2.24) is 0 Å². The van der Waals surface area contributed by atoms with Crippen molar-refractivity contribution in [2.24, 2.45) is 0 Å². The van der Waals surface area contributed by atoms with E-state index in [0.717, 1.165) is 22.4 Å². The molecule has 23 heavy (non-hydrogen) atoms. The van der Waals surface area contributed by atoms with Gasteiger partial charge in [-0.25, -0.2) is 0 Å². The minimum atomic E-state index is 0. The predicted molar refractivity (Wildman–Crippen MR) is 90.5 cm³/mol. The molecule has 0 aliphatic rings. The third kappa shape index (κ3) is 10.6. The maximum Gasteiger partial charge on any atom is 0.118 e. The van der Waals surface area contributed by atoms with Crippen molar-refractivity contribution in [2.45, 2.75) is 34.1 Å². The second kappa shape index (κ2) is 18.5. The molecule has 0 amide bonds. The number of methoxy groups -OCH3 is 1. The van der Waals surface area contributed by atoms with Crippen molar-refractivity contribution in [3.63, 3.8) is 0 Å². The van der Waals surface area contributed by atoms with Gasteiger partial charge >= 0.3 is 0 Å². The zero-order valence-corrected chi connectivity index (χ0v) is 20.5. The van der Waals surface area contributed by atoms with Crippen molar-refractivity contribution in [3.8, 4) is 16.9 Å². The molecule has 0 atom stereocenters. The molecule has 0 aliphatic heterocycles. The summed E-state index contributed by atoms with van der Waals surface area (Å²) in [4.78, 5) is 10.4. The van der Waals surface area contributed by atoms with E-state index >= 15 is 0 Å². The minimum absolute atomic E-state index is 0. The van der Waals surface area contributed by atoms with Crippen LogP contribution in [0.15, 0.2) is 48.5 Å². The van der Waals surface area contributed by atoms with Crippen LogP contribution in [0.4, 0.5) is 0 Å². The molecule has 0 saturated carbocycles. The molecule has 4 heteroatoms. The summed E-state index contributed by atoms with van der Waals surface area (Å²) >= 11 is 0.